The van der Waals surface area contributed by atoms with E-state index in [0.29, 0.717) is 12.5 Å². The molecule has 0 spiro atoms. The molecular formula is C19H27NO2. The maximum Gasteiger partial charge on any atom is 0.243 e. The van der Waals surface area contributed by atoms with E-state index in [1.807, 2.05) is 25.1 Å². The third-order valence-corrected chi connectivity index (χ3v) is 4.35. The van der Waals surface area contributed by atoms with E-state index in [9.17, 15) is 9.90 Å². The molecule has 1 fully saturated rings. The Morgan fingerprint density at radius 1 is 1.32 bits per heavy atom. The number of carbonyl (C=O) groups excluding carboxylic acids is 1. The van der Waals surface area contributed by atoms with Crippen molar-refractivity contribution >= 4 is 5.91 Å². The average molecular weight is 301 g/mol. The molecule has 1 saturated carbocycles. The molecule has 0 heterocycles. The predicted molar refractivity (Wildman–Crippen MR) is 89.5 cm³/mol. The lowest BCUT2D eigenvalue weighted by Gasteiger charge is -2.25. The van der Waals surface area contributed by atoms with Crippen LogP contribution in [0.25, 0.3) is 0 Å². The zero-order valence-corrected chi connectivity index (χ0v) is 13.4. The predicted octanol–water partition coefficient (Wildman–Crippen LogP) is 3.23. The lowest BCUT2D eigenvalue weighted by atomic mass is 9.87. The van der Waals surface area contributed by atoms with Crippen molar-refractivity contribution in [1.82, 2.24) is 5.32 Å². The first kappa shape index (κ1) is 16.8. The minimum absolute atomic E-state index is 0.00868. The lowest BCUT2D eigenvalue weighted by molar-refractivity contribution is -0.116. The zero-order chi connectivity index (χ0) is 15.8. The van der Waals surface area contributed by atoms with Crippen LogP contribution in [0.1, 0.15) is 44.6 Å². The van der Waals surface area contributed by atoms with Crippen LogP contribution in [0.15, 0.2) is 42.0 Å². The Kier molecular flexibility index (Phi) is 6.66. The number of hydrogen-bond acceptors (Lipinski definition) is 2. The van der Waals surface area contributed by atoms with Crippen LogP contribution in [0.5, 0.6) is 0 Å². The molecule has 2 unspecified atom stereocenters. The number of benzene rings is 1. The van der Waals surface area contributed by atoms with E-state index in [0.717, 1.165) is 44.1 Å². The normalized spacial score (nSPS) is 22.4. The van der Waals surface area contributed by atoms with Crippen LogP contribution < -0.4 is 5.32 Å². The van der Waals surface area contributed by atoms with Crippen molar-refractivity contribution in [3.8, 4) is 0 Å². The molecule has 0 radical (unpaired) electrons. The van der Waals surface area contributed by atoms with Gasteiger partial charge in [0, 0.05) is 12.6 Å². The molecular weight excluding hydrogens is 274 g/mol. The van der Waals surface area contributed by atoms with Gasteiger partial charge in [0.05, 0.1) is 6.10 Å². The second-order valence-electron chi connectivity index (χ2n) is 6.41. The molecule has 2 N–H and O–H groups in total. The summed E-state index contributed by atoms with van der Waals surface area (Å²) in [4.78, 5) is 11.9. The van der Waals surface area contributed by atoms with Crippen LogP contribution in [0.3, 0.4) is 0 Å². The molecule has 1 aromatic rings. The van der Waals surface area contributed by atoms with Gasteiger partial charge in [0.2, 0.25) is 5.91 Å². The molecule has 0 aliphatic heterocycles. The SMILES string of the molecule is CC(=CC(=O)NCC1CCCC(O)C1)CCc1ccccc1. The molecule has 22 heavy (non-hydrogen) atoms. The third-order valence-electron chi connectivity index (χ3n) is 4.35. The number of allylic oxidation sites excluding steroid dienone is 1. The summed E-state index contributed by atoms with van der Waals surface area (Å²) in [5.41, 5.74) is 2.40. The molecule has 1 aromatic carbocycles. The van der Waals surface area contributed by atoms with Gasteiger partial charge in [0.15, 0.2) is 0 Å². The molecule has 1 aliphatic carbocycles. The monoisotopic (exact) mass is 301 g/mol. The van der Waals surface area contributed by atoms with Crippen molar-refractivity contribution in [3.63, 3.8) is 0 Å². The van der Waals surface area contributed by atoms with E-state index in [2.05, 4.69) is 17.4 Å². The van der Waals surface area contributed by atoms with Gasteiger partial charge in [-0.2, -0.15) is 0 Å². The topological polar surface area (TPSA) is 49.3 Å². The van der Waals surface area contributed by atoms with E-state index in [4.69, 9.17) is 0 Å². The second kappa shape index (κ2) is 8.74. The van der Waals surface area contributed by atoms with E-state index >= 15 is 0 Å². The van der Waals surface area contributed by atoms with Crippen molar-refractivity contribution in [2.24, 2.45) is 5.92 Å². The van der Waals surface area contributed by atoms with Crippen molar-refractivity contribution < 1.29 is 9.90 Å². The Balaban J connectivity index is 1.70. The number of amides is 1. The molecule has 3 heteroatoms. The Hall–Kier alpha value is -1.61. The smallest absolute Gasteiger partial charge is 0.243 e. The molecule has 1 aliphatic rings. The van der Waals surface area contributed by atoms with Crippen LogP contribution in [0, 0.1) is 5.92 Å². The van der Waals surface area contributed by atoms with Crippen LogP contribution in [-0.2, 0) is 11.2 Å². The molecule has 0 aromatic heterocycles. The average Bonchev–Trinajstić information content (AvgIpc) is 2.52. The van der Waals surface area contributed by atoms with Gasteiger partial charge in [-0.1, -0.05) is 42.3 Å². The summed E-state index contributed by atoms with van der Waals surface area (Å²) in [7, 11) is 0. The van der Waals surface area contributed by atoms with Crippen LogP contribution in [-0.4, -0.2) is 23.7 Å². The molecule has 0 bridgehead atoms. The van der Waals surface area contributed by atoms with E-state index in [1.54, 1.807) is 6.08 Å². The van der Waals surface area contributed by atoms with Gasteiger partial charge in [-0.3, -0.25) is 4.79 Å². The van der Waals surface area contributed by atoms with Crippen LogP contribution >= 0.6 is 0 Å². The minimum atomic E-state index is -0.182. The molecule has 2 atom stereocenters. The maximum absolute atomic E-state index is 11.9. The third kappa shape index (κ3) is 6.02. The van der Waals surface area contributed by atoms with Crippen molar-refractivity contribution in [2.75, 3.05) is 6.54 Å². The van der Waals surface area contributed by atoms with Gasteiger partial charge in [0.1, 0.15) is 0 Å². The number of aryl methyl sites for hydroxylation is 1. The molecule has 3 nitrogen and oxygen atoms in total. The number of aliphatic hydroxyl groups excluding tert-OH is 1. The van der Waals surface area contributed by atoms with Crippen LogP contribution in [0.2, 0.25) is 0 Å². The Morgan fingerprint density at radius 2 is 2.09 bits per heavy atom. The number of hydrogen-bond donors (Lipinski definition) is 2. The molecule has 2 rings (SSSR count). The number of carbonyl (C=O) groups is 1. The van der Waals surface area contributed by atoms with Crippen molar-refractivity contribution in [3.05, 3.63) is 47.5 Å². The van der Waals surface area contributed by atoms with Gasteiger partial charge < -0.3 is 10.4 Å². The highest BCUT2D eigenvalue weighted by Crippen LogP contribution is 2.23. The van der Waals surface area contributed by atoms with Gasteiger partial charge in [-0.15, -0.1) is 0 Å². The highest BCUT2D eigenvalue weighted by molar-refractivity contribution is 5.88. The summed E-state index contributed by atoms with van der Waals surface area (Å²) in [6.45, 7) is 2.69. The lowest BCUT2D eigenvalue weighted by Crippen LogP contribution is -2.32. The standard InChI is InChI=1S/C19H27NO2/c1-15(10-11-16-6-3-2-4-7-16)12-19(22)20-14-17-8-5-9-18(21)13-17/h2-4,6-7,12,17-18,21H,5,8-11,13-14H2,1H3,(H,20,22). The molecule has 1 amide bonds. The van der Waals surface area contributed by atoms with E-state index in [-0.39, 0.29) is 12.0 Å². The quantitative estimate of drug-likeness (QED) is 0.793. The summed E-state index contributed by atoms with van der Waals surface area (Å²) >= 11 is 0. The van der Waals surface area contributed by atoms with Crippen molar-refractivity contribution in [1.29, 1.82) is 0 Å². The first-order chi connectivity index (χ1) is 10.6. The number of aliphatic hydroxyl groups is 1. The number of nitrogens with one attached hydrogen (secondary N) is 1. The fourth-order valence-electron chi connectivity index (χ4n) is 3.03. The highest BCUT2D eigenvalue weighted by atomic mass is 16.3. The molecule has 120 valence electrons. The first-order valence-electron chi connectivity index (χ1n) is 8.30. The zero-order valence-electron chi connectivity index (χ0n) is 13.4. The van der Waals surface area contributed by atoms with Crippen LogP contribution in [0.4, 0.5) is 0 Å². The van der Waals surface area contributed by atoms with E-state index in [1.165, 1.54) is 5.56 Å². The van der Waals surface area contributed by atoms with Gasteiger partial charge in [0.25, 0.3) is 0 Å². The summed E-state index contributed by atoms with van der Waals surface area (Å²) in [5, 5.41) is 12.6. The van der Waals surface area contributed by atoms with Crippen molar-refractivity contribution in [2.45, 2.75) is 51.6 Å². The van der Waals surface area contributed by atoms with Gasteiger partial charge in [-0.25, -0.2) is 0 Å². The summed E-state index contributed by atoms with van der Waals surface area (Å²) in [6.07, 6.45) is 7.29. The van der Waals surface area contributed by atoms with E-state index < -0.39 is 0 Å². The maximum atomic E-state index is 11.9. The first-order valence-corrected chi connectivity index (χ1v) is 8.30. The Bertz CT molecular complexity index is 495. The molecule has 0 saturated heterocycles. The summed E-state index contributed by atoms with van der Waals surface area (Å²) < 4.78 is 0. The number of rotatable bonds is 6. The second-order valence-corrected chi connectivity index (χ2v) is 6.41. The largest absolute Gasteiger partial charge is 0.393 e. The minimum Gasteiger partial charge on any atom is -0.393 e. The fraction of sp³-hybridized carbons (Fsp3) is 0.526. The fourth-order valence-corrected chi connectivity index (χ4v) is 3.03. The summed E-state index contributed by atoms with van der Waals surface area (Å²) in [6, 6.07) is 10.3. The van der Waals surface area contributed by atoms with Gasteiger partial charge >= 0.3 is 0 Å². The Labute approximate surface area is 133 Å². The summed E-state index contributed by atoms with van der Waals surface area (Å²) in [5.74, 6) is 0.413. The van der Waals surface area contributed by atoms with Gasteiger partial charge in [-0.05, 0) is 50.5 Å². The highest BCUT2D eigenvalue weighted by Gasteiger charge is 2.20. The Morgan fingerprint density at radius 3 is 2.82 bits per heavy atom.